The maximum Gasteiger partial charge on any atom is 0.139 e. The van der Waals surface area contributed by atoms with Crippen molar-refractivity contribution in [3.05, 3.63) is 59.6 Å². The molecule has 2 N–H and O–H groups in total. The summed E-state index contributed by atoms with van der Waals surface area (Å²) in [6.07, 6.45) is 6.80. The quantitative estimate of drug-likeness (QED) is 0.495. The monoisotopic (exact) mass is 404 g/mol. The zero-order chi connectivity index (χ0) is 19.6. The summed E-state index contributed by atoms with van der Waals surface area (Å²) in [5.74, 6) is 1.40. The van der Waals surface area contributed by atoms with E-state index in [1.807, 2.05) is 24.7 Å². The van der Waals surface area contributed by atoms with Crippen molar-refractivity contribution in [2.24, 2.45) is 0 Å². The second kappa shape index (κ2) is 7.93. The molecule has 1 fully saturated rings. The van der Waals surface area contributed by atoms with E-state index >= 15 is 0 Å². The Balaban J connectivity index is 1.30. The standard InChI is InChI=1S/C22H24N6S/c1-2-23-18-6-3-5-15-11-19(27-20(15)18)22-26-12-17(29-22)14-28-10-7-16(13-28)21-24-8-4-9-25-21/h3-6,8-9,11-12,16,23,27H,2,7,10,13-14H2,1H3. The van der Waals surface area contributed by atoms with Gasteiger partial charge < -0.3 is 10.3 Å². The van der Waals surface area contributed by atoms with Crippen LogP contribution in [0.3, 0.4) is 0 Å². The Labute approximate surface area is 174 Å². The van der Waals surface area contributed by atoms with E-state index in [4.69, 9.17) is 4.98 Å². The van der Waals surface area contributed by atoms with Crippen molar-refractivity contribution < 1.29 is 0 Å². The van der Waals surface area contributed by atoms with Crippen LogP contribution in [0.2, 0.25) is 0 Å². The van der Waals surface area contributed by atoms with Crippen LogP contribution in [0.1, 0.15) is 30.0 Å². The van der Waals surface area contributed by atoms with Gasteiger partial charge in [-0.3, -0.25) is 4.90 Å². The van der Waals surface area contributed by atoms with E-state index in [2.05, 4.69) is 56.4 Å². The maximum absolute atomic E-state index is 4.69. The second-order valence-corrected chi connectivity index (χ2v) is 8.56. The largest absolute Gasteiger partial charge is 0.384 e. The molecule has 29 heavy (non-hydrogen) atoms. The molecule has 0 bridgehead atoms. The SMILES string of the molecule is CCNc1cccc2cc(-c3ncc(CN4CCC(c5ncccn5)C4)s3)[nH]c12. The summed E-state index contributed by atoms with van der Waals surface area (Å²) in [5, 5.41) is 5.67. The Morgan fingerprint density at radius 3 is 2.97 bits per heavy atom. The molecule has 1 atom stereocenters. The Morgan fingerprint density at radius 1 is 1.21 bits per heavy atom. The molecule has 5 rings (SSSR count). The van der Waals surface area contributed by atoms with Crippen LogP contribution >= 0.6 is 11.3 Å². The summed E-state index contributed by atoms with van der Waals surface area (Å²) in [7, 11) is 0. The van der Waals surface area contributed by atoms with Gasteiger partial charge in [-0.05, 0) is 38.1 Å². The van der Waals surface area contributed by atoms with Crippen molar-refractivity contribution in [1.82, 2.24) is 24.8 Å². The summed E-state index contributed by atoms with van der Waals surface area (Å²) >= 11 is 1.77. The Kier molecular flexibility index (Phi) is 4.99. The molecule has 1 aliphatic rings. The van der Waals surface area contributed by atoms with E-state index in [0.29, 0.717) is 5.92 Å². The minimum absolute atomic E-state index is 0.432. The lowest BCUT2D eigenvalue weighted by molar-refractivity contribution is 0.328. The van der Waals surface area contributed by atoms with Crippen molar-refractivity contribution in [2.45, 2.75) is 25.8 Å². The minimum Gasteiger partial charge on any atom is -0.384 e. The fourth-order valence-corrected chi connectivity index (χ4v) is 4.97. The highest BCUT2D eigenvalue weighted by Crippen LogP contribution is 2.32. The topological polar surface area (TPSA) is 69.7 Å². The van der Waals surface area contributed by atoms with Gasteiger partial charge >= 0.3 is 0 Å². The normalized spacial score (nSPS) is 17.2. The molecule has 3 aromatic heterocycles. The molecule has 0 saturated carbocycles. The first-order valence-electron chi connectivity index (χ1n) is 10.1. The summed E-state index contributed by atoms with van der Waals surface area (Å²) < 4.78 is 0. The molecule has 148 valence electrons. The fourth-order valence-electron chi connectivity index (χ4n) is 4.04. The number of likely N-dealkylation sites (tertiary alicyclic amines) is 1. The lowest BCUT2D eigenvalue weighted by Gasteiger charge is -2.13. The van der Waals surface area contributed by atoms with Gasteiger partial charge in [0, 0.05) is 54.4 Å². The third kappa shape index (κ3) is 3.75. The molecular weight excluding hydrogens is 380 g/mol. The predicted octanol–water partition coefficient (Wildman–Crippen LogP) is 4.50. The van der Waals surface area contributed by atoms with Gasteiger partial charge in [0.15, 0.2) is 0 Å². The number of fused-ring (bicyclic) bond motifs is 1. The Morgan fingerprint density at radius 2 is 2.10 bits per heavy atom. The second-order valence-electron chi connectivity index (χ2n) is 7.44. The molecule has 1 aromatic carbocycles. The zero-order valence-electron chi connectivity index (χ0n) is 16.4. The fraction of sp³-hybridized carbons (Fsp3) is 0.318. The summed E-state index contributed by atoms with van der Waals surface area (Å²) in [5.41, 5.74) is 3.37. The molecule has 1 aliphatic heterocycles. The third-order valence-electron chi connectivity index (χ3n) is 5.41. The highest BCUT2D eigenvalue weighted by atomic mass is 32.1. The minimum atomic E-state index is 0.432. The van der Waals surface area contributed by atoms with Crippen LogP contribution in [0.25, 0.3) is 21.6 Å². The number of nitrogens with zero attached hydrogens (tertiary/aromatic N) is 4. The number of hydrogen-bond donors (Lipinski definition) is 2. The van der Waals surface area contributed by atoms with Crippen LogP contribution in [0.5, 0.6) is 0 Å². The highest BCUT2D eigenvalue weighted by molar-refractivity contribution is 7.15. The number of aromatic amines is 1. The zero-order valence-corrected chi connectivity index (χ0v) is 17.2. The Bertz CT molecular complexity index is 1100. The number of para-hydroxylation sites is 1. The number of rotatable bonds is 6. The number of benzene rings is 1. The third-order valence-corrected chi connectivity index (χ3v) is 6.43. The number of H-pyrrole nitrogens is 1. The number of thiazole rings is 1. The van der Waals surface area contributed by atoms with E-state index in [1.54, 1.807) is 11.3 Å². The van der Waals surface area contributed by atoms with Crippen molar-refractivity contribution in [1.29, 1.82) is 0 Å². The number of aromatic nitrogens is 4. The molecular formula is C22H24N6S. The van der Waals surface area contributed by atoms with Crippen LogP contribution in [0.4, 0.5) is 5.69 Å². The molecule has 0 spiro atoms. The van der Waals surface area contributed by atoms with Crippen LogP contribution in [-0.2, 0) is 6.54 Å². The van der Waals surface area contributed by atoms with E-state index in [9.17, 15) is 0 Å². The lowest BCUT2D eigenvalue weighted by atomic mass is 10.1. The van der Waals surface area contributed by atoms with Crippen molar-refractivity contribution >= 4 is 27.9 Å². The van der Waals surface area contributed by atoms with Gasteiger partial charge in [-0.15, -0.1) is 11.3 Å². The molecule has 0 amide bonds. The first-order chi connectivity index (χ1) is 14.3. The Hall–Kier alpha value is -2.77. The van der Waals surface area contributed by atoms with Crippen LogP contribution in [0.15, 0.2) is 48.9 Å². The average molecular weight is 405 g/mol. The van der Waals surface area contributed by atoms with E-state index in [0.717, 1.165) is 60.3 Å². The van der Waals surface area contributed by atoms with E-state index in [1.165, 1.54) is 10.3 Å². The average Bonchev–Trinajstić information content (AvgIpc) is 3.49. The first kappa shape index (κ1) is 18.3. The van der Waals surface area contributed by atoms with Crippen molar-refractivity contribution in [2.75, 3.05) is 25.0 Å². The number of anilines is 1. The maximum atomic E-state index is 4.69. The molecule has 0 radical (unpaired) electrons. The number of hydrogen-bond acceptors (Lipinski definition) is 6. The number of nitrogens with one attached hydrogen (secondary N) is 2. The van der Waals surface area contributed by atoms with Crippen molar-refractivity contribution in [3.63, 3.8) is 0 Å². The van der Waals surface area contributed by atoms with Crippen LogP contribution in [0, 0.1) is 0 Å². The van der Waals surface area contributed by atoms with Gasteiger partial charge in [-0.25, -0.2) is 15.0 Å². The van der Waals surface area contributed by atoms with Crippen LogP contribution < -0.4 is 5.32 Å². The summed E-state index contributed by atoms with van der Waals surface area (Å²) in [6, 6.07) is 10.4. The molecule has 4 heterocycles. The predicted molar refractivity (Wildman–Crippen MR) is 118 cm³/mol. The van der Waals surface area contributed by atoms with Crippen LogP contribution in [-0.4, -0.2) is 44.5 Å². The van der Waals surface area contributed by atoms with Gasteiger partial charge in [0.2, 0.25) is 0 Å². The smallest absolute Gasteiger partial charge is 0.139 e. The molecule has 7 heteroatoms. The van der Waals surface area contributed by atoms with Gasteiger partial charge in [-0.2, -0.15) is 0 Å². The van der Waals surface area contributed by atoms with Gasteiger partial charge in [0.25, 0.3) is 0 Å². The van der Waals surface area contributed by atoms with Gasteiger partial charge in [0.1, 0.15) is 10.8 Å². The molecule has 1 saturated heterocycles. The first-order valence-corrected chi connectivity index (χ1v) is 10.9. The molecule has 6 nitrogen and oxygen atoms in total. The van der Waals surface area contributed by atoms with Gasteiger partial charge in [0.05, 0.1) is 16.9 Å². The van der Waals surface area contributed by atoms with Crippen molar-refractivity contribution in [3.8, 4) is 10.7 Å². The molecule has 4 aromatic rings. The highest BCUT2D eigenvalue weighted by Gasteiger charge is 2.26. The van der Waals surface area contributed by atoms with E-state index in [-0.39, 0.29) is 0 Å². The summed E-state index contributed by atoms with van der Waals surface area (Å²) in [6.45, 7) is 6.04. The molecule has 0 aliphatic carbocycles. The lowest BCUT2D eigenvalue weighted by Crippen LogP contribution is -2.19. The van der Waals surface area contributed by atoms with Gasteiger partial charge in [-0.1, -0.05) is 12.1 Å². The summed E-state index contributed by atoms with van der Waals surface area (Å²) in [4.78, 5) is 20.9. The molecule has 1 unspecified atom stereocenters. The van der Waals surface area contributed by atoms with E-state index < -0.39 is 0 Å².